The summed E-state index contributed by atoms with van der Waals surface area (Å²) in [4.78, 5) is 18.2. The van der Waals surface area contributed by atoms with E-state index in [9.17, 15) is 4.79 Å². The van der Waals surface area contributed by atoms with Gasteiger partial charge in [-0.25, -0.2) is 4.98 Å². The van der Waals surface area contributed by atoms with Gasteiger partial charge in [-0.05, 0) is 19.4 Å². The van der Waals surface area contributed by atoms with E-state index in [0.717, 1.165) is 10.6 Å². The quantitative estimate of drug-likeness (QED) is 0.848. The maximum Gasteiger partial charge on any atom is 0.273 e. The van der Waals surface area contributed by atoms with E-state index in [1.54, 1.807) is 4.90 Å². The lowest BCUT2D eigenvalue weighted by Crippen LogP contribution is -2.29. The van der Waals surface area contributed by atoms with E-state index in [1.807, 2.05) is 56.6 Å². The van der Waals surface area contributed by atoms with Crippen LogP contribution in [-0.2, 0) is 0 Å². The fourth-order valence-corrected chi connectivity index (χ4v) is 2.36. The highest BCUT2D eigenvalue weighted by atomic mass is 32.1. The fourth-order valence-electron chi connectivity index (χ4n) is 1.77. The largest absolute Gasteiger partial charge is 0.334 e. The SMILES string of the molecule is Cc1nc(C(=O)N(C)C(C)c2ccccc2)cs1. The van der Waals surface area contributed by atoms with Gasteiger partial charge in [0.15, 0.2) is 0 Å². The van der Waals surface area contributed by atoms with Crippen LogP contribution < -0.4 is 0 Å². The van der Waals surface area contributed by atoms with E-state index in [0.29, 0.717) is 5.69 Å². The average molecular weight is 260 g/mol. The maximum atomic E-state index is 12.2. The van der Waals surface area contributed by atoms with Gasteiger partial charge in [-0.1, -0.05) is 30.3 Å². The number of benzene rings is 1. The first-order valence-electron chi connectivity index (χ1n) is 5.84. The number of thiazole rings is 1. The minimum Gasteiger partial charge on any atom is -0.334 e. The highest BCUT2D eigenvalue weighted by Crippen LogP contribution is 2.20. The number of aromatic nitrogens is 1. The molecule has 1 amide bonds. The molecule has 2 aromatic rings. The lowest BCUT2D eigenvalue weighted by molar-refractivity contribution is 0.0737. The lowest BCUT2D eigenvalue weighted by Gasteiger charge is -2.24. The third-order valence-corrected chi connectivity index (χ3v) is 3.79. The molecule has 0 bridgehead atoms. The Balaban J connectivity index is 2.16. The van der Waals surface area contributed by atoms with Crippen molar-refractivity contribution in [3.63, 3.8) is 0 Å². The Morgan fingerprint density at radius 3 is 2.56 bits per heavy atom. The second-order valence-electron chi connectivity index (χ2n) is 4.25. The van der Waals surface area contributed by atoms with Gasteiger partial charge in [-0.2, -0.15) is 0 Å². The fraction of sp³-hybridized carbons (Fsp3) is 0.286. The van der Waals surface area contributed by atoms with Gasteiger partial charge in [-0.15, -0.1) is 11.3 Å². The van der Waals surface area contributed by atoms with E-state index in [1.165, 1.54) is 11.3 Å². The van der Waals surface area contributed by atoms with Crippen LogP contribution in [0, 0.1) is 6.92 Å². The van der Waals surface area contributed by atoms with Gasteiger partial charge in [0.1, 0.15) is 5.69 Å². The molecule has 0 spiro atoms. The molecule has 3 nitrogen and oxygen atoms in total. The predicted octanol–water partition coefficient (Wildman–Crippen LogP) is 3.28. The van der Waals surface area contributed by atoms with E-state index in [-0.39, 0.29) is 11.9 Å². The van der Waals surface area contributed by atoms with Gasteiger partial charge in [0.2, 0.25) is 0 Å². The molecule has 1 heterocycles. The molecule has 0 aliphatic heterocycles. The van der Waals surface area contributed by atoms with Crippen molar-refractivity contribution in [2.75, 3.05) is 7.05 Å². The summed E-state index contributed by atoms with van der Waals surface area (Å²) in [6, 6.07) is 10.0. The Labute approximate surface area is 111 Å². The van der Waals surface area contributed by atoms with Crippen LogP contribution in [0.15, 0.2) is 35.7 Å². The molecule has 18 heavy (non-hydrogen) atoms. The van der Waals surface area contributed by atoms with Crippen molar-refractivity contribution in [3.8, 4) is 0 Å². The summed E-state index contributed by atoms with van der Waals surface area (Å²) >= 11 is 1.50. The van der Waals surface area contributed by atoms with Crippen molar-refractivity contribution in [2.24, 2.45) is 0 Å². The van der Waals surface area contributed by atoms with Gasteiger partial charge < -0.3 is 4.90 Å². The Hall–Kier alpha value is -1.68. The summed E-state index contributed by atoms with van der Waals surface area (Å²) in [5, 5.41) is 2.73. The predicted molar refractivity (Wildman–Crippen MR) is 73.8 cm³/mol. The average Bonchev–Trinajstić information content (AvgIpc) is 2.84. The van der Waals surface area contributed by atoms with Gasteiger partial charge in [-0.3, -0.25) is 4.79 Å². The van der Waals surface area contributed by atoms with Gasteiger partial charge in [0, 0.05) is 12.4 Å². The van der Waals surface area contributed by atoms with E-state index in [4.69, 9.17) is 0 Å². The molecule has 94 valence electrons. The number of amides is 1. The van der Waals surface area contributed by atoms with E-state index < -0.39 is 0 Å². The van der Waals surface area contributed by atoms with Crippen LogP contribution in [0.1, 0.15) is 34.0 Å². The molecule has 0 radical (unpaired) electrons. The molecule has 0 aliphatic rings. The van der Waals surface area contributed by atoms with Crippen LogP contribution in [0.25, 0.3) is 0 Å². The molecule has 0 fully saturated rings. The van der Waals surface area contributed by atoms with Crippen LogP contribution >= 0.6 is 11.3 Å². The molecule has 2 rings (SSSR count). The summed E-state index contributed by atoms with van der Waals surface area (Å²) in [7, 11) is 1.81. The topological polar surface area (TPSA) is 33.2 Å². The Kier molecular flexibility index (Phi) is 3.77. The van der Waals surface area contributed by atoms with Crippen molar-refractivity contribution in [2.45, 2.75) is 19.9 Å². The van der Waals surface area contributed by atoms with Crippen molar-refractivity contribution < 1.29 is 4.79 Å². The van der Waals surface area contributed by atoms with Crippen molar-refractivity contribution >= 4 is 17.2 Å². The van der Waals surface area contributed by atoms with Gasteiger partial charge >= 0.3 is 0 Å². The minimum atomic E-state index is -0.0318. The number of carbonyl (C=O) groups excluding carboxylic acids is 1. The highest BCUT2D eigenvalue weighted by molar-refractivity contribution is 7.09. The third-order valence-electron chi connectivity index (χ3n) is 3.02. The molecular formula is C14H16N2OS. The highest BCUT2D eigenvalue weighted by Gasteiger charge is 2.20. The summed E-state index contributed by atoms with van der Waals surface area (Å²) < 4.78 is 0. The zero-order valence-corrected chi connectivity index (χ0v) is 11.6. The third kappa shape index (κ3) is 2.59. The normalized spacial score (nSPS) is 12.2. The standard InChI is InChI=1S/C14H16N2OS/c1-10(12-7-5-4-6-8-12)16(3)14(17)13-9-18-11(2)15-13/h4-10H,1-3H3. The number of aryl methyl sites for hydroxylation is 1. The number of hydrogen-bond acceptors (Lipinski definition) is 3. The zero-order valence-electron chi connectivity index (χ0n) is 10.8. The molecule has 1 aromatic carbocycles. The summed E-state index contributed by atoms with van der Waals surface area (Å²) in [5.41, 5.74) is 1.66. The minimum absolute atomic E-state index is 0.0318. The summed E-state index contributed by atoms with van der Waals surface area (Å²) in [6.45, 7) is 3.93. The number of nitrogens with zero attached hydrogens (tertiary/aromatic N) is 2. The number of carbonyl (C=O) groups is 1. The Bertz CT molecular complexity index is 536. The Morgan fingerprint density at radius 2 is 2.00 bits per heavy atom. The first-order chi connectivity index (χ1) is 8.59. The second-order valence-corrected chi connectivity index (χ2v) is 5.32. The zero-order chi connectivity index (χ0) is 13.1. The number of hydrogen-bond donors (Lipinski definition) is 0. The first-order valence-corrected chi connectivity index (χ1v) is 6.72. The summed E-state index contributed by atoms with van der Waals surface area (Å²) in [5.74, 6) is -0.0318. The van der Waals surface area contributed by atoms with Gasteiger partial charge in [0.05, 0.1) is 11.0 Å². The van der Waals surface area contributed by atoms with Crippen LogP contribution in [0.3, 0.4) is 0 Å². The van der Waals surface area contributed by atoms with Crippen LogP contribution in [0.5, 0.6) is 0 Å². The lowest BCUT2D eigenvalue weighted by atomic mass is 10.1. The van der Waals surface area contributed by atoms with E-state index >= 15 is 0 Å². The van der Waals surface area contributed by atoms with Crippen molar-refractivity contribution in [1.29, 1.82) is 0 Å². The molecule has 1 unspecified atom stereocenters. The molecule has 4 heteroatoms. The molecule has 0 aliphatic carbocycles. The molecule has 1 atom stereocenters. The number of rotatable bonds is 3. The monoisotopic (exact) mass is 260 g/mol. The molecule has 0 saturated heterocycles. The van der Waals surface area contributed by atoms with E-state index in [2.05, 4.69) is 4.98 Å². The van der Waals surface area contributed by atoms with Crippen molar-refractivity contribution in [3.05, 3.63) is 52.0 Å². The smallest absolute Gasteiger partial charge is 0.273 e. The molecular weight excluding hydrogens is 244 g/mol. The second kappa shape index (κ2) is 5.31. The maximum absolute atomic E-state index is 12.2. The van der Waals surface area contributed by atoms with Crippen molar-refractivity contribution in [1.82, 2.24) is 9.88 Å². The van der Waals surface area contributed by atoms with Crippen LogP contribution in [0.2, 0.25) is 0 Å². The molecule has 0 N–H and O–H groups in total. The van der Waals surface area contributed by atoms with Crippen LogP contribution in [0.4, 0.5) is 0 Å². The Morgan fingerprint density at radius 1 is 1.33 bits per heavy atom. The molecule has 1 aromatic heterocycles. The molecule has 0 saturated carbocycles. The summed E-state index contributed by atoms with van der Waals surface area (Å²) in [6.07, 6.45) is 0. The first kappa shape index (κ1) is 12.8. The van der Waals surface area contributed by atoms with Crippen LogP contribution in [-0.4, -0.2) is 22.8 Å². The van der Waals surface area contributed by atoms with Gasteiger partial charge in [0.25, 0.3) is 5.91 Å².